The van der Waals surface area contributed by atoms with Crippen LogP contribution in [0.1, 0.15) is 28.2 Å². The van der Waals surface area contributed by atoms with Crippen molar-refractivity contribution in [1.29, 1.82) is 0 Å². The zero-order chi connectivity index (χ0) is 26.8. The van der Waals surface area contributed by atoms with Crippen molar-refractivity contribution in [3.05, 3.63) is 113 Å². The number of benzene rings is 3. The van der Waals surface area contributed by atoms with Gasteiger partial charge in [0.05, 0.1) is 18.7 Å². The molecule has 1 unspecified atom stereocenters. The summed E-state index contributed by atoms with van der Waals surface area (Å²) in [6.45, 7) is 15.9. The first-order valence-corrected chi connectivity index (χ1v) is 10.6. The van der Waals surface area contributed by atoms with Gasteiger partial charge in [-0.2, -0.15) is 0 Å². The van der Waals surface area contributed by atoms with Gasteiger partial charge in [-0.15, -0.1) is 0 Å². The minimum atomic E-state index is -0.682. The quantitative estimate of drug-likeness (QED) is 0.205. The molecule has 0 bridgehead atoms. The molecule has 36 heavy (non-hydrogen) atoms. The van der Waals surface area contributed by atoms with Crippen LogP contribution in [0.15, 0.2) is 71.2 Å². The largest absolute Gasteiger partial charge is 0 e. The fourth-order valence-corrected chi connectivity index (χ4v) is 3.75. The van der Waals surface area contributed by atoms with Crippen LogP contribution in [0, 0.1) is 26.9 Å². The molecule has 7 nitrogen and oxygen atoms in total. The molecule has 0 spiro atoms. The third-order valence-electron chi connectivity index (χ3n) is 4.67. The van der Waals surface area contributed by atoms with E-state index in [4.69, 9.17) is 28.2 Å². The average molecular weight is 591 g/mol. The molecule has 186 valence electrons. The molecule has 3 aromatic carbocycles. The van der Waals surface area contributed by atoms with E-state index in [-0.39, 0.29) is 23.3 Å². The Hall–Kier alpha value is -3.04. The number of methoxy groups -OCH3 is 2. The number of carbonyl (C=O) groups excluding carboxylic acids is 1. The molecule has 0 aliphatic rings. The van der Waals surface area contributed by atoms with E-state index in [9.17, 15) is 4.79 Å². The summed E-state index contributed by atoms with van der Waals surface area (Å²) in [6, 6.07) is 21.3. The molecule has 1 atom stereocenters. The number of esters is 1. The Kier molecular flexibility index (Phi) is 19.7. The molecular weight excluding hydrogens is 568 g/mol. The third kappa shape index (κ3) is 9.91. The summed E-state index contributed by atoms with van der Waals surface area (Å²) in [5.41, 5.74) is 3.52. The molecule has 3 rings (SSSR count). The first-order chi connectivity index (χ1) is 17.0. The van der Waals surface area contributed by atoms with Gasteiger partial charge in [0, 0.05) is 28.5 Å². The number of rotatable bonds is 7. The van der Waals surface area contributed by atoms with Crippen LogP contribution in [0.2, 0.25) is 0 Å². The average Bonchev–Trinajstić information content (AvgIpc) is 2.92. The topological polar surface area (TPSA) is 104 Å². The first kappa shape index (κ1) is 35.1. The maximum Gasteiger partial charge on any atom is 0 e. The van der Waals surface area contributed by atoms with Gasteiger partial charge in [-0.1, -0.05) is 60.2 Å². The summed E-state index contributed by atoms with van der Waals surface area (Å²) < 4.78 is 40.1. The minimum absolute atomic E-state index is 0. The number of para-hydroxylation sites is 1. The monoisotopic (exact) mass is 590 g/mol. The van der Waals surface area contributed by atoms with Gasteiger partial charge in [-0.25, -0.2) is 0 Å². The Labute approximate surface area is 230 Å². The SMILES string of the molecule is COC(=O)C(c1cc(C)ccc1OC)c1cccc(Br)c1OCc1ccccc1.[C-]#[O+].[C-]#[O+].[C-]#[O+].[Cr]. The van der Waals surface area contributed by atoms with Crippen LogP contribution in [0.25, 0.3) is 0 Å². The normalized spacial score (nSPS) is 9.50. The molecule has 0 aliphatic heterocycles. The molecule has 0 fully saturated rings. The molecular formula is C27H23BrCrO7. The van der Waals surface area contributed by atoms with E-state index in [0.29, 0.717) is 23.7 Å². The smallest absolute Gasteiger partial charge is 0 e. The van der Waals surface area contributed by atoms with E-state index < -0.39 is 5.92 Å². The summed E-state index contributed by atoms with van der Waals surface area (Å²) in [5.74, 6) is 0.171. The Morgan fingerprint density at radius 2 is 1.50 bits per heavy atom. The summed E-state index contributed by atoms with van der Waals surface area (Å²) in [7, 11) is 2.98. The predicted octanol–water partition coefficient (Wildman–Crippen LogP) is 5.53. The van der Waals surface area contributed by atoms with Crippen molar-refractivity contribution in [2.75, 3.05) is 14.2 Å². The number of hydrogen-bond acceptors (Lipinski definition) is 4. The Bertz CT molecular complexity index is 1110. The van der Waals surface area contributed by atoms with Gasteiger partial charge in [0.15, 0.2) is 0 Å². The van der Waals surface area contributed by atoms with E-state index in [2.05, 4.69) is 35.9 Å². The van der Waals surface area contributed by atoms with E-state index in [0.717, 1.165) is 21.2 Å². The second-order valence-electron chi connectivity index (χ2n) is 6.63. The molecule has 3 aromatic rings. The first-order valence-electron chi connectivity index (χ1n) is 9.84. The van der Waals surface area contributed by atoms with Gasteiger partial charge in [0.2, 0.25) is 0 Å². The van der Waals surface area contributed by atoms with E-state index in [1.807, 2.05) is 73.7 Å². The van der Waals surface area contributed by atoms with E-state index >= 15 is 0 Å². The molecule has 9 heteroatoms. The molecule has 0 saturated carbocycles. The number of halogens is 1. The predicted molar refractivity (Wildman–Crippen MR) is 128 cm³/mol. The molecule has 0 N–H and O–H groups in total. The summed E-state index contributed by atoms with van der Waals surface area (Å²) in [5, 5.41) is 0. The van der Waals surface area contributed by atoms with Crippen LogP contribution in [0.4, 0.5) is 0 Å². The Morgan fingerprint density at radius 3 is 2.06 bits per heavy atom. The number of aryl methyl sites for hydroxylation is 1. The van der Waals surface area contributed by atoms with Crippen molar-refractivity contribution >= 4 is 21.9 Å². The molecule has 0 radical (unpaired) electrons. The maximum absolute atomic E-state index is 12.9. The minimum Gasteiger partial charge on any atom is 0 e. The van der Waals surface area contributed by atoms with Gasteiger partial charge in [0.1, 0.15) is 24.0 Å². The zero-order valence-corrected chi connectivity index (χ0v) is 22.6. The molecule has 0 aliphatic carbocycles. The Morgan fingerprint density at radius 1 is 0.889 bits per heavy atom. The van der Waals surface area contributed by atoms with E-state index in [1.54, 1.807) is 7.11 Å². The summed E-state index contributed by atoms with van der Waals surface area (Å²) in [4.78, 5) is 12.9. The van der Waals surface area contributed by atoms with Crippen LogP contribution in [0.5, 0.6) is 11.5 Å². The Balaban J connectivity index is 0. The molecule has 0 saturated heterocycles. The van der Waals surface area contributed by atoms with Crippen molar-refractivity contribution in [1.82, 2.24) is 0 Å². The van der Waals surface area contributed by atoms with Crippen molar-refractivity contribution in [2.24, 2.45) is 0 Å². The summed E-state index contributed by atoms with van der Waals surface area (Å²) in [6.07, 6.45) is 0. The second kappa shape index (κ2) is 20.2. The van der Waals surface area contributed by atoms with Crippen molar-refractivity contribution in [3.63, 3.8) is 0 Å². The summed E-state index contributed by atoms with van der Waals surface area (Å²) >= 11 is 3.57. The van der Waals surface area contributed by atoms with Gasteiger partial charge in [-0.3, -0.25) is 4.79 Å². The maximum atomic E-state index is 12.9. The fraction of sp³-hybridized carbons (Fsp3) is 0.185. The molecule has 0 amide bonds. The molecule has 0 aromatic heterocycles. The third-order valence-corrected chi connectivity index (χ3v) is 5.29. The number of ether oxygens (including phenoxy) is 3. The van der Waals surface area contributed by atoms with Gasteiger partial charge in [0.25, 0.3) is 0 Å². The van der Waals surface area contributed by atoms with Gasteiger partial charge < -0.3 is 14.2 Å². The van der Waals surface area contributed by atoms with Crippen molar-refractivity contribution < 1.29 is 50.3 Å². The zero-order valence-electron chi connectivity index (χ0n) is 19.8. The van der Waals surface area contributed by atoms with Gasteiger partial charge in [-0.05, 0) is 40.5 Å². The standard InChI is InChI=1S/C24H23BrO4.3CO.Cr/c1-16-12-13-21(27-2)19(14-16)22(24(26)28-3)18-10-7-11-20(25)23(18)29-15-17-8-5-4-6-9-17;3*1-2;/h4-14,22H,15H2,1-3H3;;;;. The second-order valence-corrected chi connectivity index (χ2v) is 7.49. The van der Waals surface area contributed by atoms with E-state index in [1.165, 1.54) is 7.11 Å². The van der Waals surface area contributed by atoms with Crippen LogP contribution in [0.3, 0.4) is 0 Å². The fourth-order valence-electron chi connectivity index (χ4n) is 3.25. The van der Waals surface area contributed by atoms with Crippen molar-refractivity contribution in [2.45, 2.75) is 19.4 Å². The van der Waals surface area contributed by atoms with Crippen molar-refractivity contribution in [3.8, 4) is 11.5 Å². The van der Waals surface area contributed by atoms with Gasteiger partial charge >= 0.3 is 39.9 Å². The molecule has 0 heterocycles. The van der Waals surface area contributed by atoms with Crippen LogP contribution < -0.4 is 9.47 Å². The van der Waals surface area contributed by atoms with Crippen LogP contribution in [-0.2, 0) is 47.5 Å². The van der Waals surface area contributed by atoms with Crippen LogP contribution in [-0.4, -0.2) is 20.2 Å². The van der Waals surface area contributed by atoms with Crippen LogP contribution >= 0.6 is 15.9 Å². The number of hydrogen-bond donors (Lipinski definition) is 0. The number of carbonyl (C=O) groups is 1.